The van der Waals surface area contributed by atoms with Gasteiger partial charge in [-0.1, -0.05) is 35.3 Å². The van der Waals surface area contributed by atoms with E-state index >= 15 is 0 Å². The molecular weight excluding hydrogens is 569 g/mol. The van der Waals surface area contributed by atoms with Crippen LogP contribution in [0.1, 0.15) is 11.1 Å². The topological polar surface area (TPSA) is 70.5 Å². The Hall–Kier alpha value is -3.76. The van der Waals surface area contributed by atoms with Crippen LogP contribution in [0.3, 0.4) is 0 Å². The summed E-state index contributed by atoms with van der Waals surface area (Å²) in [6.07, 6.45) is -11.7. The minimum atomic E-state index is -5.85. The number of rotatable bonds is 6. The molecule has 4 nitrogen and oxygen atoms in total. The molecule has 0 aromatic heterocycles. The zero-order valence-electron chi connectivity index (χ0n) is 19.6. The average molecular weight is 587 g/mol. The molecule has 0 saturated carbocycles. The van der Waals surface area contributed by atoms with Gasteiger partial charge in [-0.15, -0.1) is 0 Å². The van der Waals surface area contributed by atoms with Gasteiger partial charge in [0.1, 0.15) is 23.0 Å². The molecule has 0 spiro atoms. The zero-order chi connectivity index (χ0) is 28.6. The number of nitrogen functional groups attached to an aromatic ring is 2. The summed E-state index contributed by atoms with van der Waals surface area (Å²) in [4.78, 5) is 0. The molecule has 12 heteroatoms. The van der Waals surface area contributed by atoms with Crippen molar-refractivity contribution in [3.8, 4) is 23.0 Å². The number of halogens is 8. The number of alkyl halides is 6. The second kappa shape index (κ2) is 10.4. The van der Waals surface area contributed by atoms with Crippen molar-refractivity contribution in [2.24, 2.45) is 0 Å². The van der Waals surface area contributed by atoms with Crippen molar-refractivity contribution in [3.63, 3.8) is 0 Å². The molecule has 0 radical (unpaired) electrons. The molecule has 4 rings (SSSR count). The molecule has 39 heavy (non-hydrogen) atoms. The maximum Gasteiger partial charge on any atom is 0.411 e. The van der Waals surface area contributed by atoms with Crippen LogP contribution in [0.15, 0.2) is 84.9 Å². The van der Waals surface area contributed by atoms with Crippen LogP contribution in [0, 0.1) is 0 Å². The van der Waals surface area contributed by atoms with Crippen LogP contribution >= 0.6 is 23.2 Å². The Labute approximate surface area is 228 Å². The number of benzene rings is 4. The molecule has 204 valence electrons. The van der Waals surface area contributed by atoms with E-state index in [0.717, 1.165) is 12.1 Å². The molecule has 4 N–H and O–H groups in total. The fourth-order valence-electron chi connectivity index (χ4n) is 3.94. The first kappa shape index (κ1) is 28.3. The monoisotopic (exact) mass is 586 g/mol. The highest BCUT2D eigenvalue weighted by atomic mass is 35.5. The maximum absolute atomic E-state index is 14.6. The van der Waals surface area contributed by atoms with Gasteiger partial charge in [0.2, 0.25) is 5.41 Å². The van der Waals surface area contributed by atoms with Crippen LogP contribution in [0.5, 0.6) is 23.0 Å². The molecule has 0 aliphatic rings. The number of hydrogen-bond acceptors (Lipinski definition) is 4. The summed E-state index contributed by atoms with van der Waals surface area (Å²) in [5.74, 6) is 0.128. The van der Waals surface area contributed by atoms with E-state index in [2.05, 4.69) is 0 Å². The Kier molecular flexibility index (Phi) is 7.55. The molecule has 0 bridgehead atoms. The first-order valence-corrected chi connectivity index (χ1v) is 11.8. The van der Waals surface area contributed by atoms with E-state index in [1.54, 1.807) is 0 Å². The van der Waals surface area contributed by atoms with Crippen LogP contribution < -0.4 is 20.9 Å². The van der Waals surface area contributed by atoms with Gasteiger partial charge in [0.25, 0.3) is 0 Å². The number of anilines is 2. The minimum absolute atomic E-state index is 0.159. The Morgan fingerprint density at radius 3 is 1.13 bits per heavy atom. The fourth-order valence-corrected chi connectivity index (χ4v) is 4.38. The molecule has 0 fully saturated rings. The average Bonchev–Trinajstić information content (AvgIpc) is 2.84. The minimum Gasteiger partial charge on any atom is -0.456 e. The van der Waals surface area contributed by atoms with E-state index in [-0.39, 0.29) is 23.0 Å². The molecule has 4 aromatic carbocycles. The highest BCUT2D eigenvalue weighted by molar-refractivity contribution is 6.32. The predicted molar refractivity (Wildman–Crippen MR) is 138 cm³/mol. The second-order valence-corrected chi connectivity index (χ2v) is 9.19. The van der Waals surface area contributed by atoms with Crippen molar-refractivity contribution in [1.82, 2.24) is 0 Å². The predicted octanol–water partition coefficient (Wildman–Crippen LogP) is 9.15. The summed E-state index contributed by atoms with van der Waals surface area (Å²) in [7, 11) is 0. The van der Waals surface area contributed by atoms with Crippen LogP contribution in [-0.4, -0.2) is 12.4 Å². The fraction of sp³-hybridized carbons (Fsp3) is 0.111. The maximum atomic E-state index is 14.6. The van der Waals surface area contributed by atoms with Crippen LogP contribution in [0.4, 0.5) is 37.7 Å². The summed E-state index contributed by atoms with van der Waals surface area (Å²) in [6, 6.07) is 16.2. The van der Waals surface area contributed by atoms with E-state index in [0.29, 0.717) is 35.6 Å². The van der Waals surface area contributed by atoms with Crippen molar-refractivity contribution in [2.75, 3.05) is 11.5 Å². The summed E-state index contributed by atoms with van der Waals surface area (Å²) in [5.41, 5.74) is 5.21. The summed E-state index contributed by atoms with van der Waals surface area (Å²) in [6.45, 7) is 0. The van der Waals surface area contributed by atoms with E-state index in [4.69, 9.17) is 44.1 Å². The van der Waals surface area contributed by atoms with Gasteiger partial charge in [-0.05, 0) is 83.9 Å². The van der Waals surface area contributed by atoms with Gasteiger partial charge in [0, 0.05) is 11.4 Å². The molecule has 0 heterocycles. The lowest BCUT2D eigenvalue weighted by Crippen LogP contribution is -2.54. The van der Waals surface area contributed by atoms with Crippen molar-refractivity contribution < 1.29 is 35.8 Å². The normalized spacial score (nSPS) is 12.3. The highest BCUT2D eigenvalue weighted by Gasteiger charge is 2.72. The number of hydrogen-bond donors (Lipinski definition) is 2. The quantitative estimate of drug-likeness (QED) is 0.174. The van der Waals surface area contributed by atoms with Gasteiger partial charge in [0.05, 0.1) is 10.0 Å². The lowest BCUT2D eigenvalue weighted by molar-refractivity contribution is -0.288. The van der Waals surface area contributed by atoms with Crippen LogP contribution in [0.2, 0.25) is 10.0 Å². The first-order valence-electron chi connectivity index (χ1n) is 11.0. The Balaban J connectivity index is 1.80. The third-order valence-electron chi connectivity index (χ3n) is 5.80. The molecule has 0 aliphatic carbocycles. The van der Waals surface area contributed by atoms with Gasteiger partial charge in [-0.2, -0.15) is 26.3 Å². The zero-order valence-corrected chi connectivity index (χ0v) is 21.1. The number of nitrogens with two attached hydrogens (primary N) is 2. The second-order valence-electron chi connectivity index (χ2n) is 8.38. The van der Waals surface area contributed by atoms with Crippen molar-refractivity contribution in [1.29, 1.82) is 0 Å². The van der Waals surface area contributed by atoms with Gasteiger partial charge < -0.3 is 20.9 Å². The standard InChI is InChI=1S/C27H18Cl2F6N2O2/c28-21-13-15(1-11-23(21)38-19-7-3-17(36)4-8-19)25(26(30,31)32,27(33,34)35)16-2-12-24(22(29)14-16)39-20-9-5-18(37)6-10-20/h1-14H,36-37H2. The highest BCUT2D eigenvalue weighted by Crippen LogP contribution is 2.57. The number of ether oxygens (including phenoxy) is 2. The van der Waals surface area contributed by atoms with Gasteiger partial charge >= 0.3 is 12.4 Å². The lowest BCUT2D eigenvalue weighted by Gasteiger charge is -2.38. The first-order chi connectivity index (χ1) is 18.2. The summed E-state index contributed by atoms with van der Waals surface area (Å²) >= 11 is 12.2. The smallest absolute Gasteiger partial charge is 0.411 e. The Morgan fingerprint density at radius 1 is 0.513 bits per heavy atom. The molecule has 0 aliphatic heterocycles. The van der Waals surface area contributed by atoms with Crippen molar-refractivity contribution in [2.45, 2.75) is 17.8 Å². The van der Waals surface area contributed by atoms with Crippen LogP contribution in [0.25, 0.3) is 0 Å². The molecule has 4 aromatic rings. The Bertz CT molecular complexity index is 1360. The van der Waals surface area contributed by atoms with E-state index in [1.165, 1.54) is 48.5 Å². The molecule has 0 saturated heterocycles. The van der Waals surface area contributed by atoms with Gasteiger partial charge in [0.15, 0.2) is 0 Å². The molecule has 0 amide bonds. The third kappa shape index (κ3) is 5.53. The summed E-state index contributed by atoms with van der Waals surface area (Å²) < 4.78 is 98.5. The lowest BCUT2D eigenvalue weighted by atomic mass is 9.73. The molecule has 0 unspecified atom stereocenters. The van der Waals surface area contributed by atoms with Gasteiger partial charge in [-0.3, -0.25) is 0 Å². The van der Waals surface area contributed by atoms with Crippen LogP contribution in [-0.2, 0) is 5.41 Å². The third-order valence-corrected chi connectivity index (χ3v) is 6.39. The van der Waals surface area contributed by atoms with Gasteiger partial charge in [-0.25, -0.2) is 0 Å². The van der Waals surface area contributed by atoms with E-state index in [1.807, 2.05) is 0 Å². The Morgan fingerprint density at radius 2 is 0.846 bits per heavy atom. The van der Waals surface area contributed by atoms with E-state index in [9.17, 15) is 26.3 Å². The van der Waals surface area contributed by atoms with Crippen molar-refractivity contribution in [3.05, 3.63) is 106 Å². The van der Waals surface area contributed by atoms with E-state index < -0.39 is 38.9 Å². The largest absolute Gasteiger partial charge is 0.456 e. The molecular formula is C27H18Cl2F6N2O2. The van der Waals surface area contributed by atoms with Crippen molar-refractivity contribution >= 4 is 34.6 Å². The summed E-state index contributed by atoms with van der Waals surface area (Å²) in [5, 5.41) is -0.951. The molecule has 0 atom stereocenters. The SMILES string of the molecule is Nc1ccc(Oc2ccc(C(c3ccc(Oc4ccc(N)cc4)c(Cl)c3)(C(F)(F)F)C(F)(F)F)cc2Cl)cc1.